The molecule has 1 heterocycles. The lowest BCUT2D eigenvalue weighted by molar-refractivity contribution is 0.477. The third-order valence-electron chi connectivity index (χ3n) is 9.65. The van der Waals surface area contributed by atoms with Gasteiger partial charge in [-0.25, -0.2) is 15.0 Å². The van der Waals surface area contributed by atoms with Crippen molar-refractivity contribution in [1.82, 2.24) is 15.0 Å². The summed E-state index contributed by atoms with van der Waals surface area (Å²) in [6.45, 7) is 0. The van der Waals surface area contributed by atoms with E-state index in [-0.39, 0.29) is 11.5 Å². The fourth-order valence-electron chi connectivity index (χ4n) is 7.55. The zero-order chi connectivity index (χ0) is 31.9. The van der Waals surface area contributed by atoms with E-state index in [0.29, 0.717) is 28.6 Å². The van der Waals surface area contributed by atoms with Crippen LogP contribution in [0.4, 0.5) is 0 Å². The summed E-state index contributed by atoms with van der Waals surface area (Å²) in [5, 5.41) is 35.5. The van der Waals surface area contributed by atoms with Crippen molar-refractivity contribution in [3.63, 3.8) is 0 Å². The van der Waals surface area contributed by atoms with Gasteiger partial charge in [0.1, 0.15) is 11.5 Å². The van der Waals surface area contributed by atoms with E-state index in [2.05, 4.69) is 66.7 Å². The van der Waals surface area contributed by atoms with E-state index in [1.54, 1.807) is 12.1 Å². The van der Waals surface area contributed by atoms with Gasteiger partial charge in [0.2, 0.25) is 0 Å². The van der Waals surface area contributed by atoms with Crippen molar-refractivity contribution in [3.05, 3.63) is 140 Å². The van der Waals surface area contributed by atoms with E-state index in [9.17, 15) is 10.2 Å². The van der Waals surface area contributed by atoms with Gasteiger partial charge in [0.15, 0.2) is 17.5 Å². The first-order valence-electron chi connectivity index (χ1n) is 15.9. The van der Waals surface area contributed by atoms with Crippen molar-refractivity contribution in [2.24, 2.45) is 0 Å². The highest BCUT2D eigenvalue weighted by Gasteiger charge is 2.23. The minimum absolute atomic E-state index is 0.0692. The number of benzene rings is 9. The number of hydrogen-bond donors (Lipinski definition) is 2. The van der Waals surface area contributed by atoms with Crippen molar-refractivity contribution >= 4 is 64.6 Å². The summed E-state index contributed by atoms with van der Waals surface area (Å²) in [6.07, 6.45) is 0. The number of aromatic nitrogens is 3. The molecule has 0 bridgehead atoms. The van der Waals surface area contributed by atoms with Gasteiger partial charge in [-0.3, -0.25) is 0 Å². The smallest absolute Gasteiger partial charge is 0.168 e. The van der Waals surface area contributed by atoms with Crippen LogP contribution in [-0.2, 0) is 0 Å². The SMILES string of the molecule is Oc1ccc2ccccc2c1-c1nc(-c2c(O)ccc3ccccc23)nc(-c2ccc3cccc4c5cccc6cccc(c2c34)c65)n1. The van der Waals surface area contributed by atoms with Gasteiger partial charge in [0.25, 0.3) is 0 Å². The largest absolute Gasteiger partial charge is 0.507 e. The Hall–Kier alpha value is -6.59. The lowest BCUT2D eigenvalue weighted by Gasteiger charge is -2.18. The summed E-state index contributed by atoms with van der Waals surface area (Å²) >= 11 is 0. The maximum absolute atomic E-state index is 11.4. The van der Waals surface area contributed by atoms with Gasteiger partial charge in [0, 0.05) is 10.9 Å². The summed E-state index contributed by atoms with van der Waals surface area (Å²) in [5.41, 5.74) is 1.88. The highest BCUT2D eigenvalue weighted by molar-refractivity contribution is 6.35. The second kappa shape index (κ2) is 9.95. The van der Waals surface area contributed by atoms with Crippen LogP contribution >= 0.6 is 0 Å². The van der Waals surface area contributed by atoms with Crippen molar-refractivity contribution in [2.75, 3.05) is 0 Å². The van der Waals surface area contributed by atoms with Crippen molar-refractivity contribution < 1.29 is 10.2 Å². The highest BCUT2D eigenvalue weighted by atomic mass is 16.3. The third-order valence-corrected chi connectivity index (χ3v) is 9.65. The number of fused-ring (bicyclic) bond motifs is 4. The number of hydrogen-bond acceptors (Lipinski definition) is 5. The summed E-state index contributed by atoms with van der Waals surface area (Å²) < 4.78 is 0. The number of phenolic OH excluding ortho intramolecular Hbond substituents is 2. The van der Waals surface area contributed by atoms with Gasteiger partial charge >= 0.3 is 0 Å². The molecular weight excluding hydrogens is 590 g/mol. The zero-order valence-corrected chi connectivity index (χ0v) is 25.5. The van der Waals surface area contributed by atoms with Crippen molar-refractivity contribution in [1.29, 1.82) is 0 Å². The average Bonchev–Trinajstić information content (AvgIpc) is 3.13. The van der Waals surface area contributed by atoms with Crippen LogP contribution in [0.25, 0.3) is 98.8 Å². The Balaban J connectivity index is 1.38. The van der Waals surface area contributed by atoms with Gasteiger partial charge in [-0.1, -0.05) is 121 Å². The van der Waals surface area contributed by atoms with E-state index >= 15 is 0 Å². The minimum Gasteiger partial charge on any atom is -0.507 e. The standard InChI is InChI=1S/C43H25N3O2/c47-34-22-19-24-8-1-3-13-28(24)39(34)42-44-41(45-43(46-42)40-29-14-4-2-9-25(29)20-23-35(40)48)33-21-18-27-12-6-16-31-30-15-5-10-26-11-7-17-32(36(26)30)38(33)37(27)31/h1-23,47-48H. The summed E-state index contributed by atoms with van der Waals surface area (Å²) in [6, 6.07) is 46.5. The molecule has 0 aliphatic heterocycles. The van der Waals surface area contributed by atoms with Crippen molar-refractivity contribution in [2.45, 2.75) is 0 Å². The molecule has 48 heavy (non-hydrogen) atoms. The molecule has 0 unspecified atom stereocenters. The van der Waals surface area contributed by atoms with E-state index in [1.807, 2.05) is 60.7 Å². The van der Waals surface area contributed by atoms with E-state index in [0.717, 1.165) is 48.7 Å². The molecule has 0 fully saturated rings. The van der Waals surface area contributed by atoms with Crippen LogP contribution in [0.2, 0.25) is 0 Å². The minimum atomic E-state index is 0.0692. The molecule has 0 aliphatic carbocycles. The van der Waals surface area contributed by atoms with Crippen LogP contribution in [0.15, 0.2) is 140 Å². The monoisotopic (exact) mass is 615 g/mol. The fourth-order valence-corrected chi connectivity index (χ4v) is 7.55. The molecule has 0 radical (unpaired) electrons. The molecule has 9 aromatic carbocycles. The molecule has 0 aliphatic rings. The Morgan fingerprint density at radius 2 is 0.750 bits per heavy atom. The summed E-state index contributed by atoms with van der Waals surface area (Å²) in [4.78, 5) is 15.3. The van der Waals surface area contributed by atoms with Crippen LogP contribution in [-0.4, -0.2) is 25.2 Å². The van der Waals surface area contributed by atoms with Crippen LogP contribution in [0.1, 0.15) is 0 Å². The van der Waals surface area contributed by atoms with E-state index in [4.69, 9.17) is 15.0 Å². The zero-order valence-electron chi connectivity index (χ0n) is 25.5. The summed E-state index contributed by atoms with van der Waals surface area (Å²) in [5.74, 6) is 1.25. The topological polar surface area (TPSA) is 79.1 Å². The molecule has 0 saturated heterocycles. The second-order valence-corrected chi connectivity index (χ2v) is 12.3. The third kappa shape index (κ3) is 3.76. The highest BCUT2D eigenvalue weighted by Crippen LogP contribution is 2.45. The van der Waals surface area contributed by atoms with E-state index in [1.165, 1.54) is 21.5 Å². The van der Waals surface area contributed by atoms with Crippen LogP contribution in [0.5, 0.6) is 11.5 Å². The Morgan fingerprint density at radius 3 is 1.35 bits per heavy atom. The predicted octanol–water partition coefficient (Wildman–Crippen LogP) is 10.6. The number of nitrogens with zero attached hydrogens (tertiary/aromatic N) is 3. The lowest BCUT2D eigenvalue weighted by atomic mass is 9.87. The molecule has 10 rings (SSSR count). The first-order valence-corrected chi connectivity index (χ1v) is 15.9. The maximum Gasteiger partial charge on any atom is 0.168 e. The molecule has 0 atom stereocenters. The molecule has 224 valence electrons. The molecule has 0 spiro atoms. The number of rotatable bonds is 3. The molecule has 0 amide bonds. The van der Waals surface area contributed by atoms with Crippen LogP contribution < -0.4 is 0 Å². The Bertz CT molecular complexity index is 2820. The molecule has 1 aromatic heterocycles. The first kappa shape index (κ1) is 26.6. The van der Waals surface area contributed by atoms with Crippen LogP contribution in [0.3, 0.4) is 0 Å². The second-order valence-electron chi connectivity index (χ2n) is 12.3. The lowest BCUT2D eigenvalue weighted by Crippen LogP contribution is -2.02. The molecule has 5 heteroatoms. The van der Waals surface area contributed by atoms with Gasteiger partial charge in [0.05, 0.1) is 11.1 Å². The van der Waals surface area contributed by atoms with E-state index < -0.39 is 0 Å². The Morgan fingerprint density at radius 1 is 0.312 bits per heavy atom. The van der Waals surface area contributed by atoms with Crippen LogP contribution in [0, 0.1) is 0 Å². The summed E-state index contributed by atoms with van der Waals surface area (Å²) in [7, 11) is 0. The number of aromatic hydroxyl groups is 2. The molecule has 2 N–H and O–H groups in total. The normalized spacial score (nSPS) is 11.9. The van der Waals surface area contributed by atoms with Gasteiger partial charge in [-0.15, -0.1) is 0 Å². The Kier molecular flexibility index (Phi) is 5.52. The molecule has 5 nitrogen and oxygen atoms in total. The number of phenols is 2. The predicted molar refractivity (Wildman–Crippen MR) is 196 cm³/mol. The molecule has 10 aromatic rings. The van der Waals surface area contributed by atoms with Gasteiger partial charge in [-0.2, -0.15) is 0 Å². The molecule has 0 saturated carbocycles. The average molecular weight is 616 g/mol. The Labute approximate surface area is 274 Å². The van der Waals surface area contributed by atoms with Gasteiger partial charge < -0.3 is 10.2 Å². The fraction of sp³-hybridized carbons (Fsp3) is 0. The van der Waals surface area contributed by atoms with Crippen molar-refractivity contribution in [3.8, 4) is 45.7 Å². The molecular formula is C43H25N3O2. The first-order chi connectivity index (χ1) is 23.6. The van der Waals surface area contributed by atoms with Gasteiger partial charge in [-0.05, 0) is 77.4 Å². The quantitative estimate of drug-likeness (QED) is 0.153. The maximum atomic E-state index is 11.4.